The summed E-state index contributed by atoms with van der Waals surface area (Å²) < 4.78 is 1.36. The maximum atomic E-state index is 4.30. The van der Waals surface area contributed by atoms with Crippen molar-refractivity contribution in [3.8, 4) is 0 Å². The molecule has 0 aromatic heterocycles. The summed E-state index contributed by atoms with van der Waals surface area (Å²) in [5.41, 5.74) is 2.84. The molecule has 8 atom stereocenters. The van der Waals surface area contributed by atoms with Crippen LogP contribution in [0.2, 0.25) is 38.5 Å². The molecule has 0 aliphatic carbocycles. The minimum absolute atomic E-state index is 0.678. The van der Waals surface area contributed by atoms with Gasteiger partial charge in [0, 0.05) is 0 Å². The number of benzene rings is 2. The molecule has 2 aromatic rings. The molecule has 3 heteroatoms. The van der Waals surface area contributed by atoms with Gasteiger partial charge in [0.15, 0.2) is 0 Å². The molecule has 0 radical (unpaired) electrons. The number of para-hydroxylation sites is 2. The van der Waals surface area contributed by atoms with Gasteiger partial charge in [0.2, 0.25) is 0 Å². The average molecular weight is 368 g/mol. The van der Waals surface area contributed by atoms with Crippen LogP contribution in [0.1, 0.15) is 0 Å². The molecule has 10 saturated heterocycles. The zero-order valence-corrected chi connectivity index (χ0v) is 14.9. The monoisotopic (exact) mass is 368 g/mol. The van der Waals surface area contributed by atoms with Crippen molar-refractivity contribution in [2.75, 3.05) is 10.6 Å². The molecule has 2 N–H and O–H groups in total. The summed E-state index contributed by atoms with van der Waals surface area (Å²) in [7, 11) is 0. The topological polar surface area (TPSA) is 24.1 Å². The molecule has 8 unspecified atom stereocenters. The van der Waals surface area contributed by atoms with Gasteiger partial charge in [-0.15, -0.1) is 0 Å². The Morgan fingerprint density at radius 2 is 0.920 bits per heavy atom. The molecule has 126 valence electrons. The fourth-order valence-electron chi connectivity index (χ4n) is 18.7. The Kier molecular flexibility index (Phi) is 0.442. The summed E-state index contributed by atoms with van der Waals surface area (Å²) >= 11 is 0. The van der Waals surface area contributed by atoms with Crippen molar-refractivity contribution in [1.82, 2.24) is 0 Å². The van der Waals surface area contributed by atoms with Gasteiger partial charge in [0.1, 0.15) is 0 Å². The van der Waals surface area contributed by atoms with E-state index in [0.29, 0.717) is 8.87 Å². The molecule has 0 saturated carbocycles. The third-order valence-corrected chi connectivity index (χ3v) is 59.5. The summed E-state index contributed by atoms with van der Waals surface area (Å²) in [5, 5.41) is 8.60. The predicted molar refractivity (Wildman–Crippen MR) is 95.6 cm³/mol. The van der Waals surface area contributed by atoms with E-state index >= 15 is 0 Å². The molecular weight excluding hydrogens is 348 g/mol. The van der Waals surface area contributed by atoms with Crippen molar-refractivity contribution in [2.24, 2.45) is 0 Å². The third-order valence-electron chi connectivity index (χ3n) is 17.0. The second-order valence-corrected chi connectivity index (χ2v) is 36.0. The van der Waals surface area contributed by atoms with Gasteiger partial charge in [-0.1, -0.05) is 0 Å². The molecular formula is C22H20FeN2. The molecule has 2 nitrogen and oxygen atoms in total. The minimum atomic E-state index is -3.43. The van der Waals surface area contributed by atoms with Crippen LogP contribution in [-0.4, -0.2) is 8.87 Å². The van der Waals surface area contributed by atoms with Crippen LogP contribution in [0.5, 0.6) is 0 Å². The van der Waals surface area contributed by atoms with Gasteiger partial charge >= 0.3 is 137 Å². The summed E-state index contributed by atoms with van der Waals surface area (Å²) in [5.74, 6) is 0. The van der Waals surface area contributed by atoms with Crippen molar-refractivity contribution in [3.63, 3.8) is 0 Å². The Balaban J connectivity index is 1.20. The van der Waals surface area contributed by atoms with Crippen molar-refractivity contribution in [2.45, 2.75) is 47.4 Å². The fraction of sp³-hybridized carbons (Fsp3) is 0.455. The van der Waals surface area contributed by atoms with Crippen molar-refractivity contribution in [3.05, 3.63) is 60.7 Å². The van der Waals surface area contributed by atoms with Gasteiger partial charge in [-0.25, -0.2) is 0 Å². The molecule has 0 bridgehead atoms. The molecule has 10 heterocycles. The summed E-state index contributed by atoms with van der Waals surface area (Å²) in [6.07, 6.45) is 0. The number of hydrogen-bond acceptors (Lipinski definition) is 2. The predicted octanol–water partition coefficient (Wildman–Crippen LogP) is 5.42. The van der Waals surface area contributed by atoms with Crippen LogP contribution in [0.15, 0.2) is 60.7 Å². The van der Waals surface area contributed by atoms with Crippen molar-refractivity contribution < 1.29 is 6.51 Å². The van der Waals surface area contributed by atoms with Gasteiger partial charge in [0.25, 0.3) is 0 Å². The van der Waals surface area contributed by atoms with E-state index < -0.39 is 6.51 Å². The first kappa shape index (κ1) is 10.0. The van der Waals surface area contributed by atoms with E-state index in [-0.39, 0.29) is 0 Å². The van der Waals surface area contributed by atoms with E-state index in [0.717, 1.165) is 0 Å². The summed E-state index contributed by atoms with van der Waals surface area (Å²) in [4.78, 5) is 9.98. The average Bonchev–Trinajstić information content (AvgIpc) is 3.60. The van der Waals surface area contributed by atoms with E-state index in [4.69, 9.17) is 0 Å². The maximum absolute atomic E-state index is 4.30. The van der Waals surface area contributed by atoms with Gasteiger partial charge in [-0.05, 0) is 0 Å². The molecule has 0 amide bonds. The molecule has 10 aliphatic rings. The van der Waals surface area contributed by atoms with Crippen LogP contribution in [0.25, 0.3) is 0 Å². The zero-order chi connectivity index (χ0) is 15.6. The first-order valence-corrected chi connectivity index (χ1v) is 16.2. The SMILES string of the molecule is c1ccc(N[C]23[CH]4[CH]5[CH]6[CH]2[Fe]56432789[CH]3[CH]2[CH]7[C]8(Nc2ccccc2)[CH]39)cc1. The van der Waals surface area contributed by atoms with Gasteiger partial charge in [-0.3, -0.25) is 0 Å². The van der Waals surface area contributed by atoms with E-state index in [9.17, 15) is 0 Å². The first-order chi connectivity index (χ1) is 12.1. The Hall–Kier alpha value is -1.44. The first-order valence-electron chi connectivity index (χ1n) is 9.96. The normalized spacial score (nSPS) is 87.2. The number of anilines is 2. The van der Waals surface area contributed by atoms with Crippen LogP contribution >= 0.6 is 0 Å². The van der Waals surface area contributed by atoms with Gasteiger partial charge < -0.3 is 0 Å². The Labute approximate surface area is 136 Å². The quantitative estimate of drug-likeness (QED) is 0.705. The van der Waals surface area contributed by atoms with E-state index in [1.54, 1.807) is 0 Å². The van der Waals surface area contributed by atoms with Crippen LogP contribution in [0.3, 0.4) is 0 Å². The molecule has 10 fully saturated rings. The molecule has 12 rings (SSSR count). The van der Waals surface area contributed by atoms with E-state index in [1.165, 1.54) is 49.9 Å². The number of fused-ring (bicyclic) bond motifs is 10. The number of rotatable bonds is 4. The second-order valence-electron chi connectivity index (χ2n) is 12.8. The second kappa shape index (κ2) is 1.10. The molecule has 25 heavy (non-hydrogen) atoms. The Morgan fingerprint density at radius 3 is 1.24 bits per heavy atom. The van der Waals surface area contributed by atoms with Crippen LogP contribution in [0, 0.1) is 0 Å². The third kappa shape index (κ3) is 0.152. The van der Waals surface area contributed by atoms with Crippen LogP contribution < -0.4 is 10.6 Å². The van der Waals surface area contributed by atoms with Crippen molar-refractivity contribution >= 4 is 11.4 Å². The molecule has 2 aromatic carbocycles. The summed E-state index contributed by atoms with van der Waals surface area (Å²) in [6.45, 7) is -3.43. The Morgan fingerprint density at radius 1 is 0.560 bits per heavy atom. The Bertz CT molecular complexity index is 1370. The number of nitrogens with one attached hydrogen (secondary N) is 2. The van der Waals surface area contributed by atoms with Crippen LogP contribution in [0.4, 0.5) is 11.4 Å². The molecule has 1 spiro atoms. The van der Waals surface area contributed by atoms with E-state index in [2.05, 4.69) is 71.3 Å². The van der Waals surface area contributed by atoms with Gasteiger partial charge in [0.05, 0.1) is 0 Å². The fourth-order valence-corrected chi connectivity index (χ4v) is 92.6. The zero-order valence-electron chi connectivity index (χ0n) is 13.7. The number of hydrogen-bond donors (Lipinski definition) is 2. The summed E-state index contributed by atoms with van der Waals surface area (Å²) in [6, 6.07) is 22.5. The van der Waals surface area contributed by atoms with Crippen LogP contribution in [-0.2, 0) is 6.51 Å². The van der Waals surface area contributed by atoms with E-state index in [1.807, 2.05) is 0 Å². The van der Waals surface area contributed by atoms with Gasteiger partial charge in [-0.2, -0.15) is 0 Å². The molecule has 10 aliphatic heterocycles. The van der Waals surface area contributed by atoms with Crippen molar-refractivity contribution in [1.29, 1.82) is 0 Å². The standard InChI is InChI=1S/2C11H10N.Fe/c2*1-2-6-10(7-3-1)12-11-8-4-5-9-11;/h2*1-9,12H;.